The van der Waals surface area contributed by atoms with E-state index in [-0.39, 0.29) is 18.9 Å². The van der Waals surface area contributed by atoms with Gasteiger partial charge < -0.3 is 23.8 Å². The highest BCUT2D eigenvalue weighted by atomic mass is 79.9. The van der Waals surface area contributed by atoms with Crippen LogP contribution in [0.5, 0.6) is 17.2 Å². The number of hydrogen-bond donors (Lipinski definition) is 0. The number of hydrogen-bond acceptors (Lipinski definition) is 6. The molecule has 8 heteroatoms. The molecule has 0 saturated heterocycles. The second-order valence-electron chi connectivity index (χ2n) is 6.66. The molecule has 0 fully saturated rings. The van der Waals surface area contributed by atoms with E-state index in [0.29, 0.717) is 47.0 Å². The first-order chi connectivity index (χ1) is 14.9. The Morgan fingerprint density at radius 1 is 0.968 bits per heavy atom. The van der Waals surface area contributed by atoms with E-state index in [2.05, 4.69) is 15.9 Å². The summed E-state index contributed by atoms with van der Waals surface area (Å²) in [4.78, 5) is 26.2. The SMILES string of the molecule is CCOc1cc(Br)c(CC(=O)OCC(=O)N(C)Cc2ccccc2OC)cc1OCC. The molecule has 2 aromatic rings. The maximum Gasteiger partial charge on any atom is 0.310 e. The van der Waals surface area contributed by atoms with Crippen molar-refractivity contribution in [2.75, 3.05) is 34.0 Å². The highest BCUT2D eigenvalue weighted by molar-refractivity contribution is 9.10. The number of rotatable bonds is 11. The number of ether oxygens (including phenoxy) is 4. The Hall–Kier alpha value is -2.74. The van der Waals surface area contributed by atoms with Gasteiger partial charge in [-0.05, 0) is 37.6 Å². The van der Waals surface area contributed by atoms with Crippen molar-refractivity contribution in [2.24, 2.45) is 0 Å². The molecule has 0 radical (unpaired) electrons. The van der Waals surface area contributed by atoms with Crippen molar-refractivity contribution in [1.29, 1.82) is 0 Å². The molecule has 0 aliphatic heterocycles. The lowest BCUT2D eigenvalue weighted by Gasteiger charge is -2.19. The molecule has 0 N–H and O–H groups in total. The van der Waals surface area contributed by atoms with Crippen LogP contribution in [-0.4, -0.2) is 50.8 Å². The Bertz CT molecular complexity index is 902. The van der Waals surface area contributed by atoms with Gasteiger partial charge in [0.2, 0.25) is 0 Å². The van der Waals surface area contributed by atoms with Gasteiger partial charge in [0.1, 0.15) is 5.75 Å². The van der Waals surface area contributed by atoms with Crippen molar-refractivity contribution in [3.63, 3.8) is 0 Å². The Morgan fingerprint density at radius 3 is 2.26 bits per heavy atom. The first-order valence-electron chi connectivity index (χ1n) is 9.99. The van der Waals surface area contributed by atoms with Gasteiger partial charge in [0.25, 0.3) is 5.91 Å². The number of amides is 1. The molecule has 0 atom stereocenters. The topological polar surface area (TPSA) is 74.3 Å². The summed E-state index contributed by atoms with van der Waals surface area (Å²) in [5.41, 5.74) is 1.56. The Kier molecular flexibility index (Phi) is 9.65. The number of carbonyl (C=O) groups excluding carboxylic acids is 2. The molecule has 168 valence electrons. The smallest absolute Gasteiger partial charge is 0.310 e. The Labute approximate surface area is 191 Å². The average molecular weight is 494 g/mol. The number of halogens is 1. The molecule has 2 aromatic carbocycles. The molecule has 31 heavy (non-hydrogen) atoms. The van der Waals surface area contributed by atoms with Crippen molar-refractivity contribution < 1.29 is 28.5 Å². The first-order valence-corrected chi connectivity index (χ1v) is 10.8. The maximum absolute atomic E-state index is 12.4. The van der Waals surface area contributed by atoms with E-state index < -0.39 is 5.97 Å². The largest absolute Gasteiger partial charge is 0.496 e. The van der Waals surface area contributed by atoms with Gasteiger partial charge in [-0.2, -0.15) is 0 Å². The summed E-state index contributed by atoms with van der Waals surface area (Å²) < 4.78 is 22.4. The summed E-state index contributed by atoms with van der Waals surface area (Å²) >= 11 is 3.45. The molecular weight excluding hydrogens is 466 g/mol. The van der Waals surface area contributed by atoms with Crippen LogP contribution in [0.3, 0.4) is 0 Å². The highest BCUT2D eigenvalue weighted by Crippen LogP contribution is 2.34. The van der Waals surface area contributed by atoms with Crippen molar-refractivity contribution in [1.82, 2.24) is 4.90 Å². The van der Waals surface area contributed by atoms with Crippen LogP contribution in [0, 0.1) is 0 Å². The molecule has 1 amide bonds. The number of benzene rings is 2. The number of carbonyl (C=O) groups is 2. The maximum atomic E-state index is 12.4. The van der Waals surface area contributed by atoms with Gasteiger partial charge in [0, 0.05) is 23.6 Å². The summed E-state index contributed by atoms with van der Waals surface area (Å²) in [7, 11) is 3.23. The van der Waals surface area contributed by atoms with Gasteiger partial charge in [0.15, 0.2) is 18.1 Å². The molecule has 0 spiro atoms. The number of likely N-dealkylation sites (N-methyl/N-ethyl adjacent to an activating group) is 1. The zero-order valence-corrected chi connectivity index (χ0v) is 19.9. The minimum absolute atomic E-state index is 0.00341. The van der Waals surface area contributed by atoms with Crippen molar-refractivity contribution in [2.45, 2.75) is 26.8 Å². The second kappa shape index (κ2) is 12.2. The van der Waals surface area contributed by atoms with Crippen LogP contribution in [0.25, 0.3) is 0 Å². The standard InChI is InChI=1S/C23H28BrNO6/c1-5-29-20-11-17(18(24)13-21(20)30-6-2)12-23(27)31-15-22(26)25(3)14-16-9-7-8-10-19(16)28-4/h7-11,13H,5-6,12,14-15H2,1-4H3. The van der Waals surface area contributed by atoms with E-state index >= 15 is 0 Å². The van der Waals surface area contributed by atoms with Crippen LogP contribution in [0.2, 0.25) is 0 Å². The summed E-state index contributed by atoms with van der Waals surface area (Å²) in [5, 5.41) is 0. The predicted molar refractivity (Wildman–Crippen MR) is 121 cm³/mol. The van der Waals surface area contributed by atoms with Crippen LogP contribution in [0.15, 0.2) is 40.9 Å². The summed E-state index contributed by atoms with van der Waals surface area (Å²) in [6.45, 7) is 4.74. The van der Waals surface area contributed by atoms with E-state index in [0.717, 1.165) is 5.56 Å². The molecule has 0 aliphatic rings. The van der Waals surface area contributed by atoms with Crippen LogP contribution >= 0.6 is 15.9 Å². The van der Waals surface area contributed by atoms with Gasteiger partial charge in [-0.3, -0.25) is 9.59 Å². The Morgan fingerprint density at radius 2 is 1.61 bits per heavy atom. The van der Waals surface area contributed by atoms with E-state index in [4.69, 9.17) is 18.9 Å². The molecule has 0 aliphatic carbocycles. The third kappa shape index (κ3) is 7.17. The zero-order valence-electron chi connectivity index (χ0n) is 18.3. The summed E-state index contributed by atoms with van der Waals surface area (Å²) in [6, 6.07) is 11.0. The molecular formula is C23H28BrNO6. The predicted octanol–water partition coefficient (Wildman–Crippen LogP) is 4.00. The lowest BCUT2D eigenvalue weighted by atomic mass is 10.1. The number of methoxy groups -OCH3 is 1. The average Bonchev–Trinajstić information content (AvgIpc) is 2.75. The van der Waals surface area contributed by atoms with Crippen LogP contribution in [-0.2, 0) is 27.3 Å². The van der Waals surface area contributed by atoms with Gasteiger partial charge in [-0.25, -0.2) is 0 Å². The summed E-state index contributed by atoms with van der Waals surface area (Å²) in [5.74, 6) is 1.04. The normalized spacial score (nSPS) is 10.4. The lowest BCUT2D eigenvalue weighted by molar-refractivity contribution is -0.151. The minimum Gasteiger partial charge on any atom is -0.496 e. The molecule has 7 nitrogen and oxygen atoms in total. The monoisotopic (exact) mass is 493 g/mol. The number of para-hydroxylation sites is 1. The molecule has 0 heterocycles. The lowest BCUT2D eigenvalue weighted by Crippen LogP contribution is -2.31. The van der Waals surface area contributed by atoms with Gasteiger partial charge >= 0.3 is 5.97 Å². The second-order valence-corrected chi connectivity index (χ2v) is 7.51. The quantitative estimate of drug-likeness (QED) is 0.440. The zero-order chi connectivity index (χ0) is 22.8. The van der Waals surface area contributed by atoms with E-state index in [1.165, 1.54) is 4.90 Å². The van der Waals surface area contributed by atoms with Crippen LogP contribution < -0.4 is 14.2 Å². The van der Waals surface area contributed by atoms with Crippen molar-refractivity contribution >= 4 is 27.8 Å². The molecule has 0 bridgehead atoms. The van der Waals surface area contributed by atoms with Crippen molar-refractivity contribution in [3.8, 4) is 17.2 Å². The fourth-order valence-corrected chi connectivity index (χ4v) is 3.35. The number of esters is 1. The fraction of sp³-hybridized carbons (Fsp3) is 0.391. The molecule has 0 unspecified atom stereocenters. The number of nitrogens with zero attached hydrogens (tertiary/aromatic N) is 1. The fourth-order valence-electron chi connectivity index (χ4n) is 2.89. The van der Waals surface area contributed by atoms with Gasteiger partial charge in [-0.1, -0.05) is 34.1 Å². The molecule has 2 rings (SSSR count). The Balaban J connectivity index is 1.95. The molecule has 0 saturated carbocycles. The minimum atomic E-state index is -0.508. The van der Waals surface area contributed by atoms with Gasteiger partial charge in [0.05, 0.1) is 26.7 Å². The van der Waals surface area contributed by atoms with Crippen LogP contribution in [0.1, 0.15) is 25.0 Å². The van der Waals surface area contributed by atoms with E-state index in [9.17, 15) is 9.59 Å². The van der Waals surface area contributed by atoms with E-state index in [1.807, 2.05) is 38.1 Å². The summed E-state index contributed by atoms with van der Waals surface area (Å²) in [6.07, 6.45) is -0.00341. The van der Waals surface area contributed by atoms with E-state index in [1.54, 1.807) is 26.3 Å². The third-order valence-electron chi connectivity index (χ3n) is 4.43. The highest BCUT2D eigenvalue weighted by Gasteiger charge is 2.17. The van der Waals surface area contributed by atoms with Gasteiger partial charge in [-0.15, -0.1) is 0 Å². The third-order valence-corrected chi connectivity index (χ3v) is 5.17. The molecule has 0 aromatic heterocycles. The van der Waals surface area contributed by atoms with Crippen LogP contribution in [0.4, 0.5) is 0 Å². The first kappa shape index (κ1) is 24.5. The van der Waals surface area contributed by atoms with Crippen molar-refractivity contribution in [3.05, 3.63) is 52.0 Å².